The predicted octanol–water partition coefficient (Wildman–Crippen LogP) is 5.14. The van der Waals surface area contributed by atoms with Crippen LogP contribution in [0.1, 0.15) is 30.9 Å². The monoisotopic (exact) mass is 446 g/mol. The zero-order valence-electron chi connectivity index (χ0n) is 16.5. The Hall–Kier alpha value is -2.37. The van der Waals surface area contributed by atoms with Crippen molar-refractivity contribution in [3.63, 3.8) is 0 Å². The van der Waals surface area contributed by atoms with Crippen molar-refractivity contribution >= 4 is 40.6 Å². The Labute approximate surface area is 184 Å². The van der Waals surface area contributed by atoms with Gasteiger partial charge in [-0.3, -0.25) is 14.5 Å². The molecule has 30 heavy (non-hydrogen) atoms. The van der Waals surface area contributed by atoms with Gasteiger partial charge in [-0.2, -0.15) is 0 Å². The second kappa shape index (κ2) is 8.40. The number of hydrogen-bond donors (Lipinski definition) is 0. The highest BCUT2D eigenvalue weighted by Gasteiger charge is 2.43. The molecule has 1 unspecified atom stereocenters. The van der Waals surface area contributed by atoms with E-state index in [1.54, 1.807) is 36.4 Å². The molecule has 2 aliphatic rings. The lowest BCUT2D eigenvalue weighted by atomic mass is 9.97. The molecule has 7 heteroatoms. The van der Waals surface area contributed by atoms with Gasteiger partial charge >= 0.3 is 0 Å². The summed E-state index contributed by atoms with van der Waals surface area (Å²) in [5.74, 6) is -0.944. The van der Waals surface area contributed by atoms with Crippen LogP contribution in [0.2, 0.25) is 10.0 Å². The number of carbonyl (C=O) groups is 2. The van der Waals surface area contributed by atoms with Crippen molar-refractivity contribution in [3.8, 4) is 0 Å². The normalized spacial score (nSPS) is 19.8. The van der Waals surface area contributed by atoms with Crippen molar-refractivity contribution in [2.24, 2.45) is 5.92 Å². The summed E-state index contributed by atoms with van der Waals surface area (Å²) < 4.78 is 14.2. The average Bonchev–Trinajstić information content (AvgIpc) is 2.94. The highest BCUT2D eigenvalue weighted by molar-refractivity contribution is 6.41. The van der Waals surface area contributed by atoms with Gasteiger partial charge in [-0.15, -0.1) is 0 Å². The fraction of sp³-hybridized carbons (Fsp3) is 0.304. The first-order valence-corrected chi connectivity index (χ1v) is 10.7. The van der Waals surface area contributed by atoms with Gasteiger partial charge in [0, 0.05) is 29.2 Å². The van der Waals surface area contributed by atoms with E-state index < -0.39 is 17.6 Å². The summed E-state index contributed by atoms with van der Waals surface area (Å²) in [5.41, 5.74) is 1.34. The highest BCUT2D eigenvalue weighted by Crippen LogP contribution is 2.38. The van der Waals surface area contributed by atoms with Gasteiger partial charge in [-0.05, 0) is 37.0 Å². The van der Waals surface area contributed by atoms with E-state index in [0.29, 0.717) is 40.3 Å². The summed E-state index contributed by atoms with van der Waals surface area (Å²) >= 11 is 12.4. The maximum Gasteiger partial charge on any atom is 0.278 e. The molecule has 0 aliphatic carbocycles. The molecule has 4 rings (SSSR count). The van der Waals surface area contributed by atoms with E-state index in [1.807, 2.05) is 4.90 Å². The molecule has 0 radical (unpaired) electrons. The predicted molar refractivity (Wildman–Crippen MR) is 115 cm³/mol. The van der Waals surface area contributed by atoms with Crippen LogP contribution in [0.5, 0.6) is 0 Å². The molecule has 2 amide bonds. The van der Waals surface area contributed by atoms with Gasteiger partial charge in [-0.1, -0.05) is 54.4 Å². The summed E-state index contributed by atoms with van der Waals surface area (Å²) in [5, 5.41) is 0.742. The van der Waals surface area contributed by atoms with E-state index in [4.69, 9.17) is 23.2 Å². The number of rotatable bonds is 4. The minimum absolute atomic E-state index is 0.133. The topological polar surface area (TPSA) is 40.6 Å². The smallest absolute Gasteiger partial charge is 0.278 e. The van der Waals surface area contributed by atoms with Gasteiger partial charge in [0.25, 0.3) is 11.8 Å². The van der Waals surface area contributed by atoms with Crippen molar-refractivity contribution in [2.75, 3.05) is 13.1 Å². The maximum atomic E-state index is 14.2. The molecular weight excluding hydrogens is 426 g/mol. The second-order valence-electron chi connectivity index (χ2n) is 7.83. The van der Waals surface area contributed by atoms with Crippen LogP contribution in [0.4, 0.5) is 4.39 Å². The van der Waals surface area contributed by atoms with Crippen LogP contribution < -0.4 is 0 Å². The van der Waals surface area contributed by atoms with E-state index in [9.17, 15) is 14.0 Å². The molecule has 1 fully saturated rings. The number of amides is 2. The Morgan fingerprint density at radius 2 is 1.87 bits per heavy atom. The largest absolute Gasteiger partial charge is 0.366 e. The standard InChI is InChI=1S/C23H21Cl2FN2O2/c1-14-5-4-10-27(12-14)21-20(17-9-8-16(24)11-18(17)25)22(29)28(23(21)30)13-15-6-2-3-7-19(15)26/h2-3,6-9,11,14H,4-5,10,12-13H2,1H3. The van der Waals surface area contributed by atoms with Crippen molar-refractivity contribution in [1.29, 1.82) is 0 Å². The van der Waals surface area contributed by atoms with E-state index in [-0.39, 0.29) is 17.7 Å². The molecule has 156 valence electrons. The Balaban J connectivity index is 1.79. The summed E-state index contributed by atoms with van der Waals surface area (Å²) in [7, 11) is 0. The van der Waals surface area contributed by atoms with Crippen LogP contribution in [0.3, 0.4) is 0 Å². The average molecular weight is 447 g/mol. The summed E-state index contributed by atoms with van der Waals surface area (Å²) in [6.07, 6.45) is 2.00. The molecule has 0 saturated carbocycles. The minimum atomic E-state index is -0.472. The Kier molecular flexibility index (Phi) is 5.85. The summed E-state index contributed by atoms with van der Waals surface area (Å²) in [4.78, 5) is 29.9. The van der Waals surface area contributed by atoms with Gasteiger partial charge in [0.1, 0.15) is 11.5 Å². The van der Waals surface area contributed by atoms with Crippen LogP contribution in [0.15, 0.2) is 48.2 Å². The van der Waals surface area contributed by atoms with Gasteiger partial charge in [0.2, 0.25) is 0 Å². The molecule has 2 aromatic carbocycles. The molecule has 1 atom stereocenters. The zero-order valence-corrected chi connectivity index (χ0v) is 18.0. The first-order valence-electron chi connectivity index (χ1n) is 9.91. The van der Waals surface area contributed by atoms with Crippen LogP contribution in [-0.2, 0) is 16.1 Å². The van der Waals surface area contributed by atoms with Gasteiger partial charge in [-0.25, -0.2) is 4.39 Å². The Morgan fingerprint density at radius 3 is 2.57 bits per heavy atom. The number of nitrogens with zero attached hydrogens (tertiary/aromatic N) is 2. The second-order valence-corrected chi connectivity index (χ2v) is 8.67. The van der Waals surface area contributed by atoms with E-state index in [0.717, 1.165) is 17.7 Å². The Bertz CT molecular complexity index is 1050. The molecule has 0 aromatic heterocycles. The van der Waals surface area contributed by atoms with Crippen LogP contribution >= 0.6 is 23.2 Å². The molecule has 0 bridgehead atoms. The molecule has 2 aromatic rings. The number of imide groups is 1. The molecule has 4 nitrogen and oxygen atoms in total. The molecule has 0 spiro atoms. The quantitative estimate of drug-likeness (QED) is 0.610. The van der Waals surface area contributed by atoms with Gasteiger partial charge in [0.15, 0.2) is 0 Å². The number of piperidine rings is 1. The lowest BCUT2D eigenvalue weighted by molar-refractivity contribution is -0.138. The SMILES string of the molecule is CC1CCCN(C2=C(c3ccc(Cl)cc3Cl)C(=O)N(Cc3ccccc3F)C2=O)C1. The minimum Gasteiger partial charge on any atom is -0.366 e. The van der Waals surface area contributed by atoms with Crippen molar-refractivity contribution in [1.82, 2.24) is 9.80 Å². The molecule has 2 aliphatic heterocycles. The first kappa shape index (κ1) is 20.9. The fourth-order valence-electron chi connectivity index (χ4n) is 4.12. The van der Waals surface area contributed by atoms with E-state index in [1.165, 1.54) is 6.07 Å². The van der Waals surface area contributed by atoms with Gasteiger partial charge in [0.05, 0.1) is 17.1 Å². The first-order chi connectivity index (χ1) is 14.4. The third-order valence-corrected chi connectivity index (χ3v) is 6.15. The molecule has 0 N–H and O–H groups in total. The lowest BCUT2D eigenvalue weighted by Crippen LogP contribution is -2.39. The van der Waals surface area contributed by atoms with Crippen molar-refractivity contribution < 1.29 is 14.0 Å². The molecule has 2 heterocycles. The Morgan fingerprint density at radius 1 is 1.10 bits per heavy atom. The van der Waals surface area contributed by atoms with Crippen LogP contribution in [-0.4, -0.2) is 34.7 Å². The van der Waals surface area contributed by atoms with Crippen LogP contribution in [0, 0.1) is 11.7 Å². The number of hydrogen-bond acceptors (Lipinski definition) is 3. The fourth-order valence-corrected chi connectivity index (χ4v) is 4.63. The lowest BCUT2D eigenvalue weighted by Gasteiger charge is -2.33. The summed E-state index contributed by atoms with van der Waals surface area (Å²) in [6.45, 7) is 3.35. The third-order valence-electron chi connectivity index (χ3n) is 5.60. The zero-order chi connectivity index (χ0) is 21.4. The van der Waals surface area contributed by atoms with Crippen molar-refractivity contribution in [3.05, 3.63) is 75.2 Å². The van der Waals surface area contributed by atoms with E-state index >= 15 is 0 Å². The maximum absolute atomic E-state index is 14.2. The number of halogens is 3. The van der Waals surface area contributed by atoms with Gasteiger partial charge < -0.3 is 4.90 Å². The van der Waals surface area contributed by atoms with Crippen molar-refractivity contribution in [2.45, 2.75) is 26.3 Å². The third kappa shape index (κ3) is 3.84. The molecule has 1 saturated heterocycles. The summed E-state index contributed by atoms with van der Waals surface area (Å²) in [6, 6.07) is 11.0. The van der Waals surface area contributed by atoms with Crippen LogP contribution in [0.25, 0.3) is 5.57 Å². The molecular formula is C23H21Cl2FN2O2. The highest BCUT2D eigenvalue weighted by atomic mass is 35.5. The number of carbonyl (C=O) groups excluding carboxylic acids is 2. The van der Waals surface area contributed by atoms with E-state index in [2.05, 4.69) is 6.92 Å². The number of benzene rings is 2. The number of likely N-dealkylation sites (tertiary alicyclic amines) is 1.